The number of alkyl carbamates (subject to hydrolysis) is 1. The van der Waals surface area contributed by atoms with Crippen LogP contribution in [0.25, 0.3) is 6.08 Å². The zero-order valence-corrected chi connectivity index (χ0v) is 19.1. The van der Waals surface area contributed by atoms with Gasteiger partial charge in [-0.25, -0.2) is 4.79 Å². The van der Waals surface area contributed by atoms with Gasteiger partial charge in [-0.3, -0.25) is 14.5 Å². The summed E-state index contributed by atoms with van der Waals surface area (Å²) in [5.41, 5.74) is 0.0476. The summed E-state index contributed by atoms with van der Waals surface area (Å²) in [4.78, 5) is 37.0. The van der Waals surface area contributed by atoms with Crippen LogP contribution in [0.5, 0.6) is 17.2 Å². The molecule has 1 aromatic rings. The Balaban J connectivity index is 2.04. The molecular weight excluding hydrogens is 416 g/mol. The fourth-order valence-electron chi connectivity index (χ4n) is 2.82. The van der Waals surface area contributed by atoms with Gasteiger partial charge in [-0.05, 0) is 57.0 Å². The highest BCUT2D eigenvalue weighted by Crippen LogP contribution is 2.38. The summed E-state index contributed by atoms with van der Waals surface area (Å²) in [5, 5.41) is 2.61. The van der Waals surface area contributed by atoms with Crippen LogP contribution >= 0.6 is 0 Å². The first-order chi connectivity index (χ1) is 15.1. The minimum atomic E-state index is -0.583. The molecule has 9 heteroatoms. The molecule has 0 spiro atoms. The van der Waals surface area contributed by atoms with E-state index in [1.807, 2.05) is 0 Å². The maximum atomic E-state index is 12.3. The van der Waals surface area contributed by atoms with E-state index in [1.165, 1.54) is 31.3 Å². The molecule has 0 bridgehead atoms. The average Bonchev–Trinajstić information content (AvgIpc) is 2.74. The highest BCUT2D eigenvalue weighted by Gasteiger charge is 2.20. The van der Waals surface area contributed by atoms with E-state index < -0.39 is 17.6 Å². The highest BCUT2D eigenvalue weighted by molar-refractivity contribution is 6.06. The lowest BCUT2D eigenvalue weighted by Gasteiger charge is -2.20. The number of benzene rings is 1. The number of imide groups is 1. The fourth-order valence-corrected chi connectivity index (χ4v) is 2.82. The van der Waals surface area contributed by atoms with Crippen molar-refractivity contribution in [3.8, 4) is 17.2 Å². The fraction of sp³-hybridized carbons (Fsp3) is 0.435. The Hall–Kier alpha value is -3.49. The van der Waals surface area contributed by atoms with Crippen LogP contribution in [0.2, 0.25) is 0 Å². The Morgan fingerprint density at radius 1 is 1.16 bits per heavy atom. The van der Waals surface area contributed by atoms with Crippen LogP contribution < -0.4 is 19.5 Å². The monoisotopic (exact) mass is 446 g/mol. The molecule has 32 heavy (non-hydrogen) atoms. The Morgan fingerprint density at radius 2 is 1.81 bits per heavy atom. The Labute approximate surface area is 187 Å². The van der Waals surface area contributed by atoms with Gasteiger partial charge in [-0.15, -0.1) is 0 Å². The van der Waals surface area contributed by atoms with Gasteiger partial charge in [0.05, 0.1) is 20.8 Å². The Morgan fingerprint density at radius 3 is 2.38 bits per heavy atom. The molecule has 1 aromatic carbocycles. The van der Waals surface area contributed by atoms with Gasteiger partial charge in [0.1, 0.15) is 12.2 Å². The maximum Gasteiger partial charge on any atom is 0.407 e. The highest BCUT2D eigenvalue weighted by atomic mass is 16.6. The molecule has 0 saturated heterocycles. The van der Waals surface area contributed by atoms with Crippen molar-refractivity contribution in [2.45, 2.75) is 32.8 Å². The quantitative estimate of drug-likeness (QED) is 0.484. The first-order valence-corrected chi connectivity index (χ1v) is 10.2. The number of amides is 3. The third-order valence-corrected chi connectivity index (χ3v) is 4.23. The van der Waals surface area contributed by atoms with E-state index in [9.17, 15) is 14.4 Å². The predicted octanol–water partition coefficient (Wildman–Crippen LogP) is 2.94. The molecule has 3 amide bonds. The smallest absolute Gasteiger partial charge is 0.407 e. The van der Waals surface area contributed by atoms with E-state index in [-0.39, 0.29) is 19.1 Å². The molecular formula is C23H30N2O7. The lowest BCUT2D eigenvalue weighted by atomic mass is 10.1. The molecule has 0 unspecified atom stereocenters. The van der Waals surface area contributed by atoms with Gasteiger partial charge in [0, 0.05) is 12.6 Å². The van der Waals surface area contributed by atoms with E-state index in [2.05, 4.69) is 5.32 Å². The average molecular weight is 447 g/mol. The largest absolute Gasteiger partial charge is 0.493 e. The van der Waals surface area contributed by atoms with Crippen molar-refractivity contribution in [3.05, 3.63) is 35.9 Å². The molecule has 1 aliphatic heterocycles. The zero-order chi connectivity index (χ0) is 23.7. The molecule has 9 nitrogen and oxygen atoms in total. The summed E-state index contributed by atoms with van der Waals surface area (Å²) in [6, 6.07) is 3.36. The number of hydrogen-bond acceptors (Lipinski definition) is 7. The van der Waals surface area contributed by atoms with Crippen LogP contribution in [0.15, 0.2) is 30.4 Å². The minimum absolute atomic E-state index is 0.157. The van der Waals surface area contributed by atoms with Crippen LogP contribution in [0.3, 0.4) is 0 Å². The van der Waals surface area contributed by atoms with Crippen molar-refractivity contribution in [1.29, 1.82) is 0 Å². The van der Waals surface area contributed by atoms with Crippen molar-refractivity contribution in [2.75, 3.05) is 33.9 Å². The summed E-state index contributed by atoms with van der Waals surface area (Å²) in [7, 11) is 2.97. The van der Waals surface area contributed by atoms with E-state index in [0.29, 0.717) is 35.8 Å². The van der Waals surface area contributed by atoms with E-state index in [4.69, 9.17) is 18.9 Å². The predicted molar refractivity (Wildman–Crippen MR) is 119 cm³/mol. The second-order valence-corrected chi connectivity index (χ2v) is 7.88. The van der Waals surface area contributed by atoms with Crippen molar-refractivity contribution in [2.24, 2.45) is 0 Å². The van der Waals surface area contributed by atoms with Gasteiger partial charge < -0.3 is 24.3 Å². The standard InChI is InChI=1S/C23H30N2O7/c1-23(2,3)32-22(28)24-11-13-31-21-17(29-4)14-16(15-18(21)30-5)9-10-20(27)25-12-7-6-8-19(25)26/h6,8-10,14-15H,7,11-13H2,1-5H3,(H,24,28)/b10-9+. The first kappa shape index (κ1) is 24.8. The summed E-state index contributed by atoms with van der Waals surface area (Å²) < 4.78 is 21.7. The lowest BCUT2D eigenvalue weighted by Crippen LogP contribution is -2.37. The number of hydrogen-bond donors (Lipinski definition) is 1. The van der Waals surface area contributed by atoms with Gasteiger partial charge in [-0.2, -0.15) is 0 Å². The van der Waals surface area contributed by atoms with E-state index >= 15 is 0 Å². The zero-order valence-electron chi connectivity index (χ0n) is 19.1. The normalized spacial score (nSPS) is 13.8. The van der Waals surface area contributed by atoms with Gasteiger partial charge >= 0.3 is 6.09 Å². The maximum absolute atomic E-state index is 12.3. The third kappa shape index (κ3) is 7.33. The molecule has 1 N–H and O–H groups in total. The van der Waals surface area contributed by atoms with Crippen LogP contribution in [0.4, 0.5) is 4.79 Å². The lowest BCUT2D eigenvalue weighted by molar-refractivity contribution is -0.139. The van der Waals surface area contributed by atoms with Crippen molar-refractivity contribution < 1.29 is 33.3 Å². The SMILES string of the molecule is COc1cc(/C=C/C(=O)N2CCC=CC2=O)cc(OC)c1OCCNC(=O)OC(C)(C)C. The van der Waals surface area contributed by atoms with Gasteiger partial charge in [0.15, 0.2) is 11.5 Å². The Bertz CT molecular complexity index is 875. The minimum Gasteiger partial charge on any atom is -0.493 e. The van der Waals surface area contributed by atoms with Gasteiger partial charge in [0.2, 0.25) is 5.75 Å². The van der Waals surface area contributed by atoms with Crippen LogP contribution in [-0.2, 0) is 14.3 Å². The third-order valence-electron chi connectivity index (χ3n) is 4.23. The van der Waals surface area contributed by atoms with Crippen molar-refractivity contribution in [3.63, 3.8) is 0 Å². The molecule has 1 aliphatic rings. The molecule has 0 aromatic heterocycles. The number of nitrogens with one attached hydrogen (secondary N) is 1. The topological polar surface area (TPSA) is 103 Å². The van der Waals surface area contributed by atoms with E-state index in [1.54, 1.807) is 45.1 Å². The van der Waals surface area contributed by atoms with Crippen LogP contribution in [0, 0.1) is 0 Å². The second-order valence-electron chi connectivity index (χ2n) is 7.88. The van der Waals surface area contributed by atoms with E-state index in [0.717, 1.165) is 0 Å². The van der Waals surface area contributed by atoms with Crippen molar-refractivity contribution >= 4 is 24.0 Å². The molecule has 0 saturated carbocycles. The molecule has 1 heterocycles. The number of carbonyl (C=O) groups is 3. The molecule has 0 aliphatic carbocycles. The molecule has 0 atom stereocenters. The summed E-state index contributed by atoms with van der Waals surface area (Å²) in [5.74, 6) is 0.424. The summed E-state index contributed by atoms with van der Waals surface area (Å²) in [6.45, 7) is 6.08. The number of methoxy groups -OCH3 is 2. The number of carbonyl (C=O) groups excluding carboxylic acids is 3. The molecule has 0 fully saturated rings. The second kappa shape index (κ2) is 11.2. The van der Waals surface area contributed by atoms with Crippen LogP contribution in [-0.4, -0.2) is 62.3 Å². The number of ether oxygens (including phenoxy) is 4. The van der Waals surface area contributed by atoms with Crippen molar-refractivity contribution in [1.82, 2.24) is 10.2 Å². The summed E-state index contributed by atoms with van der Waals surface area (Å²) in [6.07, 6.45) is 6.15. The van der Waals surface area contributed by atoms with Crippen LogP contribution in [0.1, 0.15) is 32.8 Å². The number of rotatable bonds is 8. The number of nitrogens with zero attached hydrogens (tertiary/aromatic N) is 1. The summed E-state index contributed by atoms with van der Waals surface area (Å²) >= 11 is 0. The van der Waals surface area contributed by atoms with Gasteiger partial charge in [-0.1, -0.05) is 6.08 Å². The molecule has 0 radical (unpaired) electrons. The Kier molecular flexibility index (Phi) is 8.69. The van der Waals surface area contributed by atoms with Gasteiger partial charge in [0.25, 0.3) is 11.8 Å². The first-order valence-electron chi connectivity index (χ1n) is 10.2. The molecule has 2 rings (SSSR count). The molecule has 174 valence electrons.